The van der Waals surface area contributed by atoms with E-state index in [2.05, 4.69) is 10.3 Å². The summed E-state index contributed by atoms with van der Waals surface area (Å²) in [5, 5.41) is 3.14. The van der Waals surface area contributed by atoms with Crippen LogP contribution in [0.3, 0.4) is 0 Å². The molecule has 3 heteroatoms. The number of hydrogen-bond acceptors (Lipinski definition) is 1. The first-order chi connectivity index (χ1) is 9.29. The van der Waals surface area contributed by atoms with Crippen LogP contribution in [0.4, 0.5) is 0 Å². The lowest BCUT2D eigenvalue weighted by Gasteiger charge is -2.53. The third-order valence-corrected chi connectivity index (χ3v) is 5.64. The predicted octanol–water partition coefficient (Wildman–Crippen LogP) is 2.70. The summed E-state index contributed by atoms with van der Waals surface area (Å²) in [4.78, 5) is 15.6. The average Bonchev–Trinajstić information content (AvgIpc) is 2.88. The van der Waals surface area contributed by atoms with Gasteiger partial charge in [0.25, 0.3) is 0 Å². The number of aromatic amines is 1. The molecule has 0 aromatic carbocycles. The van der Waals surface area contributed by atoms with Gasteiger partial charge in [-0.05, 0) is 67.9 Å². The first kappa shape index (κ1) is 11.6. The molecule has 0 atom stereocenters. The Morgan fingerprint density at radius 2 is 1.84 bits per heavy atom. The monoisotopic (exact) mass is 258 g/mol. The smallest absolute Gasteiger partial charge is 0.223 e. The van der Waals surface area contributed by atoms with E-state index in [4.69, 9.17) is 0 Å². The summed E-state index contributed by atoms with van der Waals surface area (Å²) >= 11 is 0. The number of amides is 1. The molecule has 4 saturated carbocycles. The number of aromatic nitrogens is 1. The van der Waals surface area contributed by atoms with Gasteiger partial charge in [0.15, 0.2) is 0 Å². The fourth-order valence-electron chi connectivity index (χ4n) is 5.13. The first-order valence-corrected chi connectivity index (χ1v) is 7.69. The SMILES string of the molecule is O=C(NCc1ccc[nH]1)C1C2CC3CC(C2)CC1C3. The van der Waals surface area contributed by atoms with E-state index >= 15 is 0 Å². The largest absolute Gasteiger partial charge is 0.364 e. The van der Waals surface area contributed by atoms with E-state index in [1.54, 1.807) is 0 Å². The lowest BCUT2D eigenvalue weighted by molar-refractivity contribution is -0.138. The molecule has 2 N–H and O–H groups in total. The minimum Gasteiger partial charge on any atom is -0.364 e. The van der Waals surface area contributed by atoms with Gasteiger partial charge in [-0.1, -0.05) is 0 Å². The van der Waals surface area contributed by atoms with Crippen LogP contribution in [0.25, 0.3) is 0 Å². The molecule has 0 saturated heterocycles. The molecule has 19 heavy (non-hydrogen) atoms. The Kier molecular flexibility index (Phi) is 2.68. The Bertz CT molecular complexity index is 437. The van der Waals surface area contributed by atoms with Gasteiger partial charge >= 0.3 is 0 Å². The average molecular weight is 258 g/mol. The van der Waals surface area contributed by atoms with Gasteiger partial charge in [0.1, 0.15) is 0 Å². The van der Waals surface area contributed by atoms with Gasteiger partial charge in [0, 0.05) is 17.8 Å². The summed E-state index contributed by atoms with van der Waals surface area (Å²) in [6, 6.07) is 4.00. The highest BCUT2D eigenvalue weighted by Crippen LogP contribution is 2.56. The molecule has 4 aliphatic carbocycles. The maximum Gasteiger partial charge on any atom is 0.223 e. The number of hydrogen-bond donors (Lipinski definition) is 2. The Balaban J connectivity index is 1.43. The summed E-state index contributed by atoms with van der Waals surface area (Å²) in [5.74, 6) is 3.86. The van der Waals surface area contributed by atoms with Crippen LogP contribution in [-0.4, -0.2) is 10.9 Å². The van der Waals surface area contributed by atoms with Gasteiger partial charge in [-0.3, -0.25) is 4.79 Å². The molecule has 0 spiro atoms. The van der Waals surface area contributed by atoms with Crippen LogP contribution in [0.15, 0.2) is 18.3 Å². The van der Waals surface area contributed by atoms with Crippen molar-refractivity contribution < 1.29 is 4.79 Å². The van der Waals surface area contributed by atoms with Crippen molar-refractivity contribution >= 4 is 5.91 Å². The minimum absolute atomic E-state index is 0.308. The number of H-pyrrole nitrogens is 1. The van der Waals surface area contributed by atoms with Gasteiger partial charge < -0.3 is 10.3 Å². The summed E-state index contributed by atoms with van der Waals surface area (Å²) in [5.41, 5.74) is 1.09. The van der Waals surface area contributed by atoms with Gasteiger partial charge in [0.2, 0.25) is 5.91 Å². The van der Waals surface area contributed by atoms with Crippen LogP contribution in [0.2, 0.25) is 0 Å². The third-order valence-electron chi connectivity index (χ3n) is 5.64. The van der Waals surface area contributed by atoms with E-state index in [0.29, 0.717) is 30.2 Å². The van der Waals surface area contributed by atoms with Crippen molar-refractivity contribution in [3.05, 3.63) is 24.0 Å². The molecule has 102 valence electrons. The molecular weight excluding hydrogens is 236 g/mol. The fourth-order valence-corrected chi connectivity index (χ4v) is 5.13. The van der Waals surface area contributed by atoms with Crippen molar-refractivity contribution in [1.82, 2.24) is 10.3 Å². The Labute approximate surface area is 114 Å². The van der Waals surface area contributed by atoms with Gasteiger partial charge in [0.05, 0.1) is 6.54 Å². The fraction of sp³-hybridized carbons (Fsp3) is 0.688. The van der Waals surface area contributed by atoms with Gasteiger partial charge in [-0.25, -0.2) is 0 Å². The van der Waals surface area contributed by atoms with Crippen molar-refractivity contribution in [1.29, 1.82) is 0 Å². The van der Waals surface area contributed by atoms with Crippen LogP contribution in [-0.2, 0) is 11.3 Å². The van der Waals surface area contributed by atoms with Crippen LogP contribution in [0.1, 0.15) is 37.8 Å². The van der Waals surface area contributed by atoms with E-state index in [1.165, 1.54) is 32.1 Å². The Morgan fingerprint density at radius 3 is 2.42 bits per heavy atom. The zero-order valence-electron chi connectivity index (χ0n) is 11.3. The van der Waals surface area contributed by atoms with Crippen molar-refractivity contribution in [2.45, 2.75) is 38.6 Å². The Hall–Kier alpha value is -1.25. The highest BCUT2D eigenvalue weighted by atomic mass is 16.1. The van der Waals surface area contributed by atoms with Crippen molar-refractivity contribution in [3.8, 4) is 0 Å². The summed E-state index contributed by atoms with van der Waals surface area (Å²) < 4.78 is 0. The van der Waals surface area contributed by atoms with E-state index < -0.39 is 0 Å². The van der Waals surface area contributed by atoms with Gasteiger partial charge in [-0.2, -0.15) is 0 Å². The molecule has 0 aliphatic heterocycles. The summed E-state index contributed by atoms with van der Waals surface area (Å²) in [6.45, 7) is 0.647. The summed E-state index contributed by atoms with van der Waals surface area (Å²) in [7, 11) is 0. The maximum atomic E-state index is 12.5. The van der Waals surface area contributed by atoms with E-state index in [9.17, 15) is 4.79 Å². The molecule has 3 nitrogen and oxygen atoms in total. The van der Waals surface area contributed by atoms with Crippen molar-refractivity contribution in [3.63, 3.8) is 0 Å². The second kappa shape index (κ2) is 4.39. The maximum absolute atomic E-state index is 12.5. The third kappa shape index (κ3) is 1.99. The van der Waals surface area contributed by atoms with Crippen LogP contribution in [0, 0.1) is 29.6 Å². The lowest BCUT2D eigenvalue weighted by Crippen LogP contribution is -2.50. The molecule has 4 aliphatic rings. The molecule has 1 amide bonds. The highest BCUT2D eigenvalue weighted by Gasteiger charge is 2.50. The zero-order chi connectivity index (χ0) is 12.8. The topological polar surface area (TPSA) is 44.9 Å². The minimum atomic E-state index is 0.308. The molecule has 1 aromatic rings. The van der Waals surface area contributed by atoms with Crippen LogP contribution >= 0.6 is 0 Å². The second-order valence-electron chi connectivity index (χ2n) is 6.87. The number of nitrogens with one attached hydrogen (secondary N) is 2. The van der Waals surface area contributed by atoms with Crippen LogP contribution in [0.5, 0.6) is 0 Å². The second-order valence-corrected chi connectivity index (χ2v) is 6.87. The standard InChI is InChI=1S/C16H22N2O/c19-16(18-9-14-2-1-3-17-14)15-12-5-10-4-11(7-12)8-13(15)6-10/h1-3,10-13,15,17H,4-9H2,(H,18,19). The number of carbonyl (C=O) groups excluding carboxylic acids is 1. The molecule has 1 heterocycles. The zero-order valence-corrected chi connectivity index (χ0v) is 11.3. The lowest BCUT2D eigenvalue weighted by atomic mass is 9.51. The molecular formula is C16H22N2O. The quantitative estimate of drug-likeness (QED) is 0.860. The molecule has 4 fully saturated rings. The van der Waals surface area contributed by atoms with Crippen LogP contribution < -0.4 is 5.32 Å². The Morgan fingerprint density at radius 1 is 1.16 bits per heavy atom. The highest BCUT2D eigenvalue weighted by molar-refractivity contribution is 5.79. The molecule has 4 bridgehead atoms. The van der Waals surface area contributed by atoms with E-state index in [-0.39, 0.29) is 0 Å². The molecule has 0 radical (unpaired) electrons. The molecule has 0 unspecified atom stereocenters. The van der Waals surface area contributed by atoms with E-state index in [1.807, 2.05) is 18.3 Å². The predicted molar refractivity (Wildman–Crippen MR) is 73.2 cm³/mol. The molecule has 5 rings (SSSR count). The van der Waals surface area contributed by atoms with Crippen molar-refractivity contribution in [2.75, 3.05) is 0 Å². The van der Waals surface area contributed by atoms with E-state index in [0.717, 1.165) is 17.5 Å². The molecule has 1 aromatic heterocycles. The van der Waals surface area contributed by atoms with Crippen molar-refractivity contribution in [2.24, 2.45) is 29.6 Å². The summed E-state index contributed by atoms with van der Waals surface area (Å²) in [6.07, 6.45) is 8.61. The number of carbonyl (C=O) groups is 1. The normalized spacial score (nSPS) is 39.5. The van der Waals surface area contributed by atoms with Gasteiger partial charge in [-0.15, -0.1) is 0 Å². The first-order valence-electron chi connectivity index (χ1n) is 7.69. The number of rotatable bonds is 3.